The van der Waals surface area contributed by atoms with Crippen molar-refractivity contribution in [1.29, 1.82) is 0 Å². The third kappa shape index (κ3) is 3.36. The molecule has 0 aliphatic carbocycles. The number of rotatable bonds is 2. The maximum atomic E-state index is 12.1. The Labute approximate surface area is 115 Å². The predicted molar refractivity (Wildman–Crippen MR) is 72.6 cm³/mol. The molecule has 2 aliphatic heterocycles. The molecule has 2 rings (SSSR count). The van der Waals surface area contributed by atoms with Crippen LogP contribution in [-0.4, -0.2) is 55.9 Å². The maximum absolute atomic E-state index is 12.1. The van der Waals surface area contributed by atoms with Gasteiger partial charge in [0.15, 0.2) is 9.84 Å². The third-order valence-electron chi connectivity index (χ3n) is 3.39. The Hall–Kier alpha value is -0.330. The van der Waals surface area contributed by atoms with Gasteiger partial charge in [0.05, 0.1) is 17.5 Å². The smallest absolute Gasteiger partial charge is 0.223 e. The van der Waals surface area contributed by atoms with Gasteiger partial charge >= 0.3 is 0 Å². The average Bonchev–Trinajstić information content (AvgIpc) is 2.49. The first-order chi connectivity index (χ1) is 7.89. The van der Waals surface area contributed by atoms with Crippen LogP contribution in [0.4, 0.5) is 0 Å². The van der Waals surface area contributed by atoms with Gasteiger partial charge in [-0.1, -0.05) is 13.8 Å². The molecular formula is C11H21ClN2O3S. The van der Waals surface area contributed by atoms with Crippen LogP contribution in [0.5, 0.6) is 0 Å². The van der Waals surface area contributed by atoms with E-state index in [0.29, 0.717) is 25.4 Å². The van der Waals surface area contributed by atoms with Crippen molar-refractivity contribution < 1.29 is 13.2 Å². The van der Waals surface area contributed by atoms with Crippen molar-refractivity contribution in [3.8, 4) is 0 Å². The topological polar surface area (TPSA) is 66.5 Å². The molecule has 0 spiro atoms. The van der Waals surface area contributed by atoms with Crippen molar-refractivity contribution >= 4 is 28.2 Å². The Balaban J connectivity index is 0.00000162. The summed E-state index contributed by atoms with van der Waals surface area (Å²) in [5, 5.41) is 3.20. The Morgan fingerprint density at radius 1 is 1.39 bits per heavy atom. The minimum Gasteiger partial charge on any atom is -0.336 e. The number of carbonyl (C=O) groups excluding carboxylic acids is 1. The minimum absolute atomic E-state index is 0. The van der Waals surface area contributed by atoms with Crippen molar-refractivity contribution in [2.45, 2.75) is 32.4 Å². The first kappa shape index (κ1) is 15.7. The number of fused-ring (bicyclic) bond motifs is 1. The number of carbonyl (C=O) groups is 1. The van der Waals surface area contributed by atoms with E-state index in [0.717, 1.165) is 0 Å². The summed E-state index contributed by atoms with van der Waals surface area (Å²) in [7, 11) is -2.98. The normalized spacial score (nSPS) is 29.8. The summed E-state index contributed by atoms with van der Waals surface area (Å²) in [6.45, 7) is 5.33. The molecule has 0 radical (unpaired) electrons. The number of hydrogen-bond donors (Lipinski definition) is 1. The molecule has 2 saturated heterocycles. The lowest BCUT2D eigenvalue weighted by molar-refractivity contribution is -0.135. The van der Waals surface area contributed by atoms with Gasteiger partial charge < -0.3 is 10.2 Å². The molecule has 2 heterocycles. The lowest BCUT2D eigenvalue weighted by atomic mass is 10.0. The Kier molecular flexibility index (Phi) is 5.03. The zero-order chi connectivity index (χ0) is 12.6. The number of amides is 1. The SMILES string of the molecule is CC(C)CC(=O)N1CCNC2CS(=O)(=O)CC21.Cl. The standard InChI is InChI=1S/C11H20N2O3S.ClH/c1-8(2)5-11(14)13-4-3-12-9-6-17(15,16)7-10(9)13;/h8-10,12H,3-7H2,1-2H3;1H. The fourth-order valence-electron chi connectivity index (χ4n) is 2.64. The maximum Gasteiger partial charge on any atom is 0.223 e. The Morgan fingerprint density at radius 3 is 2.67 bits per heavy atom. The van der Waals surface area contributed by atoms with Gasteiger partial charge in [-0.05, 0) is 5.92 Å². The number of sulfone groups is 1. The molecule has 18 heavy (non-hydrogen) atoms. The molecule has 2 aliphatic rings. The predicted octanol–water partition coefficient (Wildman–Crippen LogP) is 0.0517. The largest absolute Gasteiger partial charge is 0.336 e. The fraction of sp³-hybridized carbons (Fsp3) is 0.909. The summed E-state index contributed by atoms with van der Waals surface area (Å²) in [6.07, 6.45) is 0.503. The summed E-state index contributed by atoms with van der Waals surface area (Å²) in [4.78, 5) is 13.8. The molecule has 0 aromatic carbocycles. The highest BCUT2D eigenvalue weighted by atomic mass is 35.5. The number of piperazine rings is 1. The van der Waals surface area contributed by atoms with E-state index in [1.165, 1.54) is 0 Å². The monoisotopic (exact) mass is 296 g/mol. The van der Waals surface area contributed by atoms with Crippen LogP contribution in [-0.2, 0) is 14.6 Å². The van der Waals surface area contributed by atoms with Gasteiger partial charge in [-0.2, -0.15) is 0 Å². The van der Waals surface area contributed by atoms with Crippen LogP contribution in [0.3, 0.4) is 0 Å². The van der Waals surface area contributed by atoms with Gasteiger partial charge in [0.1, 0.15) is 0 Å². The summed E-state index contributed by atoms with van der Waals surface area (Å²) in [5.41, 5.74) is 0. The van der Waals surface area contributed by atoms with E-state index in [2.05, 4.69) is 5.32 Å². The van der Waals surface area contributed by atoms with Crippen molar-refractivity contribution in [2.24, 2.45) is 5.92 Å². The highest BCUT2D eigenvalue weighted by Crippen LogP contribution is 2.22. The molecule has 2 atom stereocenters. The molecule has 0 aromatic heterocycles. The molecule has 2 fully saturated rings. The van der Waals surface area contributed by atoms with E-state index in [1.807, 2.05) is 13.8 Å². The van der Waals surface area contributed by atoms with E-state index in [4.69, 9.17) is 0 Å². The molecular weight excluding hydrogens is 276 g/mol. The Morgan fingerprint density at radius 2 is 2.06 bits per heavy atom. The number of nitrogens with zero attached hydrogens (tertiary/aromatic N) is 1. The highest BCUT2D eigenvalue weighted by Gasteiger charge is 2.44. The van der Waals surface area contributed by atoms with Crippen LogP contribution in [0.25, 0.3) is 0 Å². The number of nitrogens with one attached hydrogen (secondary N) is 1. The quantitative estimate of drug-likeness (QED) is 0.782. The van der Waals surface area contributed by atoms with E-state index in [-0.39, 0.29) is 41.9 Å². The molecule has 0 saturated carbocycles. The molecule has 0 bridgehead atoms. The first-order valence-corrected chi connectivity index (χ1v) is 7.94. The summed E-state index contributed by atoms with van der Waals surface area (Å²) < 4.78 is 23.2. The van der Waals surface area contributed by atoms with Crippen molar-refractivity contribution in [2.75, 3.05) is 24.6 Å². The molecule has 1 amide bonds. The molecule has 5 nitrogen and oxygen atoms in total. The lowest BCUT2D eigenvalue weighted by Crippen LogP contribution is -2.59. The van der Waals surface area contributed by atoms with E-state index in [1.54, 1.807) is 4.90 Å². The van der Waals surface area contributed by atoms with E-state index < -0.39 is 9.84 Å². The second kappa shape index (κ2) is 5.75. The molecule has 0 aromatic rings. The van der Waals surface area contributed by atoms with Crippen LogP contribution in [0, 0.1) is 5.92 Å². The molecule has 1 N–H and O–H groups in total. The molecule has 7 heteroatoms. The van der Waals surface area contributed by atoms with E-state index in [9.17, 15) is 13.2 Å². The highest BCUT2D eigenvalue weighted by molar-refractivity contribution is 7.91. The number of hydrogen-bond acceptors (Lipinski definition) is 4. The summed E-state index contributed by atoms with van der Waals surface area (Å²) in [5.74, 6) is 0.694. The second-order valence-electron chi connectivity index (χ2n) is 5.39. The zero-order valence-corrected chi connectivity index (χ0v) is 12.4. The molecule has 2 unspecified atom stereocenters. The van der Waals surface area contributed by atoms with Crippen molar-refractivity contribution in [3.63, 3.8) is 0 Å². The lowest BCUT2D eigenvalue weighted by Gasteiger charge is -2.37. The van der Waals surface area contributed by atoms with Crippen LogP contribution in [0.1, 0.15) is 20.3 Å². The van der Waals surface area contributed by atoms with Gasteiger partial charge in [0, 0.05) is 25.6 Å². The van der Waals surface area contributed by atoms with Gasteiger partial charge in [-0.15, -0.1) is 12.4 Å². The third-order valence-corrected chi connectivity index (χ3v) is 5.10. The Bertz CT molecular complexity index is 411. The second-order valence-corrected chi connectivity index (χ2v) is 7.54. The van der Waals surface area contributed by atoms with Gasteiger partial charge in [0.2, 0.25) is 5.91 Å². The minimum atomic E-state index is -2.98. The van der Waals surface area contributed by atoms with E-state index >= 15 is 0 Å². The van der Waals surface area contributed by atoms with Gasteiger partial charge in [-0.25, -0.2) is 8.42 Å². The summed E-state index contributed by atoms with van der Waals surface area (Å²) in [6, 6.07) is -0.218. The van der Waals surface area contributed by atoms with Crippen molar-refractivity contribution in [1.82, 2.24) is 10.2 Å². The van der Waals surface area contributed by atoms with Gasteiger partial charge in [-0.3, -0.25) is 4.79 Å². The zero-order valence-electron chi connectivity index (χ0n) is 10.8. The van der Waals surface area contributed by atoms with Gasteiger partial charge in [0.25, 0.3) is 0 Å². The fourth-order valence-corrected chi connectivity index (χ4v) is 4.60. The number of halogens is 1. The van der Waals surface area contributed by atoms with Crippen LogP contribution in [0.15, 0.2) is 0 Å². The molecule has 106 valence electrons. The average molecular weight is 297 g/mol. The summed E-state index contributed by atoms with van der Waals surface area (Å²) >= 11 is 0. The van der Waals surface area contributed by atoms with Crippen LogP contribution < -0.4 is 5.32 Å². The van der Waals surface area contributed by atoms with Crippen LogP contribution in [0.2, 0.25) is 0 Å². The first-order valence-electron chi connectivity index (χ1n) is 6.12. The van der Waals surface area contributed by atoms with Crippen LogP contribution >= 0.6 is 12.4 Å². The van der Waals surface area contributed by atoms with Crippen molar-refractivity contribution in [3.05, 3.63) is 0 Å².